The smallest absolute Gasteiger partial charge is 0.0692 e. The Morgan fingerprint density at radius 1 is 1.33 bits per heavy atom. The first-order valence-electron chi connectivity index (χ1n) is 6.36. The highest BCUT2D eigenvalue weighted by atomic mass is 14.6. The van der Waals surface area contributed by atoms with Gasteiger partial charge in [0.05, 0.1) is 11.5 Å². The highest BCUT2D eigenvalue weighted by Crippen LogP contribution is 2.58. The van der Waals surface area contributed by atoms with Crippen LogP contribution in [0.2, 0.25) is 0 Å². The van der Waals surface area contributed by atoms with E-state index in [0.29, 0.717) is 5.41 Å². The van der Waals surface area contributed by atoms with Gasteiger partial charge in [-0.05, 0) is 49.4 Å². The minimum Gasteiger partial charge on any atom is -0.198 e. The summed E-state index contributed by atoms with van der Waals surface area (Å²) >= 11 is 0. The Morgan fingerprint density at radius 2 is 2.07 bits per heavy atom. The summed E-state index contributed by atoms with van der Waals surface area (Å²) in [6.45, 7) is 6.85. The fourth-order valence-corrected chi connectivity index (χ4v) is 3.54. The van der Waals surface area contributed by atoms with Crippen LogP contribution in [-0.2, 0) is 0 Å². The highest BCUT2D eigenvalue weighted by Gasteiger charge is 2.51. The summed E-state index contributed by atoms with van der Waals surface area (Å²) in [7, 11) is 0. The molecule has 3 atom stereocenters. The maximum absolute atomic E-state index is 9.49. The largest absolute Gasteiger partial charge is 0.198 e. The molecule has 1 heteroatoms. The lowest BCUT2D eigenvalue weighted by Crippen LogP contribution is -2.27. The van der Waals surface area contributed by atoms with Crippen LogP contribution in [-0.4, -0.2) is 0 Å². The minimum atomic E-state index is 0.0657. The second-order valence-electron chi connectivity index (χ2n) is 6.91. The molecule has 0 aromatic heterocycles. The number of nitrogens with zero attached hydrogens (tertiary/aromatic N) is 1. The first-order valence-corrected chi connectivity index (χ1v) is 6.36. The molecule has 2 aliphatic carbocycles. The first kappa shape index (κ1) is 11.0. The van der Waals surface area contributed by atoms with Gasteiger partial charge >= 0.3 is 0 Å². The molecule has 0 radical (unpaired) electrons. The molecule has 1 nitrogen and oxygen atoms in total. The van der Waals surface area contributed by atoms with Gasteiger partial charge in [0.25, 0.3) is 0 Å². The Hall–Kier alpha value is -0.510. The molecule has 0 saturated heterocycles. The summed E-state index contributed by atoms with van der Waals surface area (Å²) in [5, 5.41) is 9.49. The molecule has 2 rings (SSSR count). The monoisotopic (exact) mass is 205 g/mol. The summed E-state index contributed by atoms with van der Waals surface area (Å²) in [4.78, 5) is 0. The van der Waals surface area contributed by atoms with Crippen molar-refractivity contribution in [1.82, 2.24) is 0 Å². The lowest BCUT2D eigenvalue weighted by molar-refractivity contribution is 0.189. The SMILES string of the molecule is CC(C)(C)CCC1(C#N)CC2CCC1C2. The number of hydrogen-bond donors (Lipinski definition) is 0. The Morgan fingerprint density at radius 3 is 2.47 bits per heavy atom. The first-order chi connectivity index (χ1) is 6.95. The standard InChI is InChI=1S/C14H23N/c1-13(2,3)6-7-14(10-15)9-11-4-5-12(14)8-11/h11-12H,4-9H2,1-3H3. The summed E-state index contributed by atoms with van der Waals surface area (Å²) in [5.74, 6) is 1.62. The lowest BCUT2D eigenvalue weighted by atomic mass is 9.69. The number of hydrogen-bond acceptors (Lipinski definition) is 1. The average Bonchev–Trinajstić information content (AvgIpc) is 2.73. The topological polar surface area (TPSA) is 23.8 Å². The van der Waals surface area contributed by atoms with Crippen molar-refractivity contribution in [1.29, 1.82) is 5.26 Å². The van der Waals surface area contributed by atoms with Gasteiger partial charge < -0.3 is 0 Å². The second kappa shape index (κ2) is 3.51. The van der Waals surface area contributed by atoms with Crippen molar-refractivity contribution in [2.45, 2.75) is 59.3 Å². The molecule has 0 amide bonds. The third-order valence-corrected chi connectivity index (χ3v) is 4.52. The zero-order valence-electron chi connectivity index (χ0n) is 10.3. The van der Waals surface area contributed by atoms with E-state index in [1.54, 1.807) is 0 Å². The van der Waals surface area contributed by atoms with Gasteiger partial charge in [0, 0.05) is 0 Å². The van der Waals surface area contributed by atoms with E-state index >= 15 is 0 Å². The Labute approximate surface area is 93.9 Å². The molecule has 0 N–H and O–H groups in total. The molecule has 3 unspecified atom stereocenters. The van der Waals surface area contributed by atoms with Crippen LogP contribution in [0.3, 0.4) is 0 Å². The quantitative estimate of drug-likeness (QED) is 0.664. The van der Waals surface area contributed by atoms with E-state index in [-0.39, 0.29) is 5.41 Å². The summed E-state index contributed by atoms with van der Waals surface area (Å²) in [6, 6.07) is 2.68. The summed E-state index contributed by atoms with van der Waals surface area (Å²) in [5.41, 5.74) is 0.446. The van der Waals surface area contributed by atoms with Crippen molar-refractivity contribution in [3.8, 4) is 6.07 Å². The van der Waals surface area contributed by atoms with Gasteiger partial charge in [-0.2, -0.15) is 5.26 Å². The van der Waals surface area contributed by atoms with E-state index in [1.807, 2.05) is 0 Å². The fraction of sp³-hybridized carbons (Fsp3) is 0.929. The molecular formula is C14H23N. The summed E-state index contributed by atoms with van der Waals surface area (Å²) in [6.07, 6.45) is 7.59. The molecule has 0 spiro atoms. The predicted molar refractivity (Wildman–Crippen MR) is 62.2 cm³/mol. The molecule has 2 fully saturated rings. The normalized spacial score (nSPS) is 39.3. The highest BCUT2D eigenvalue weighted by molar-refractivity contribution is 5.11. The van der Waals surface area contributed by atoms with Crippen LogP contribution in [0.4, 0.5) is 0 Å². The van der Waals surface area contributed by atoms with Gasteiger partial charge in [0.2, 0.25) is 0 Å². The van der Waals surface area contributed by atoms with Crippen LogP contribution in [0, 0.1) is 34.0 Å². The zero-order valence-corrected chi connectivity index (χ0v) is 10.3. The van der Waals surface area contributed by atoms with Gasteiger partial charge in [-0.1, -0.05) is 27.2 Å². The van der Waals surface area contributed by atoms with Crippen molar-refractivity contribution >= 4 is 0 Å². The van der Waals surface area contributed by atoms with Crippen LogP contribution in [0.15, 0.2) is 0 Å². The van der Waals surface area contributed by atoms with Crippen molar-refractivity contribution in [2.24, 2.45) is 22.7 Å². The van der Waals surface area contributed by atoms with E-state index in [2.05, 4.69) is 26.8 Å². The molecule has 0 aromatic rings. The maximum Gasteiger partial charge on any atom is 0.0692 e. The van der Waals surface area contributed by atoms with Crippen LogP contribution >= 0.6 is 0 Å². The molecule has 0 aromatic carbocycles. The number of fused-ring (bicyclic) bond motifs is 2. The number of nitriles is 1. The maximum atomic E-state index is 9.49. The molecular weight excluding hydrogens is 182 g/mol. The van der Waals surface area contributed by atoms with E-state index in [9.17, 15) is 5.26 Å². The molecule has 2 bridgehead atoms. The van der Waals surface area contributed by atoms with Gasteiger partial charge in [-0.15, -0.1) is 0 Å². The number of rotatable bonds is 2. The zero-order chi connectivity index (χ0) is 11.1. The van der Waals surface area contributed by atoms with Crippen LogP contribution in [0.25, 0.3) is 0 Å². The van der Waals surface area contributed by atoms with Crippen molar-refractivity contribution in [3.05, 3.63) is 0 Å². The Balaban J connectivity index is 2.02. The third kappa shape index (κ3) is 2.05. The fourth-order valence-electron chi connectivity index (χ4n) is 3.54. The van der Waals surface area contributed by atoms with Crippen molar-refractivity contribution in [3.63, 3.8) is 0 Å². The molecule has 2 saturated carbocycles. The van der Waals surface area contributed by atoms with Gasteiger partial charge in [-0.3, -0.25) is 0 Å². The Kier molecular flexibility index (Phi) is 2.57. The summed E-state index contributed by atoms with van der Waals surface area (Å²) < 4.78 is 0. The van der Waals surface area contributed by atoms with E-state index in [4.69, 9.17) is 0 Å². The molecule has 84 valence electrons. The van der Waals surface area contributed by atoms with E-state index < -0.39 is 0 Å². The van der Waals surface area contributed by atoms with E-state index in [1.165, 1.54) is 32.1 Å². The second-order valence-corrected chi connectivity index (χ2v) is 6.91. The Bertz CT molecular complexity index is 281. The molecule has 0 heterocycles. The third-order valence-electron chi connectivity index (χ3n) is 4.52. The van der Waals surface area contributed by atoms with E-state index in [0.717, 1.165) is 18.3 Å². The lowest BCUT2D eigenvalue weighted by Gasteiger charge is -2.33. The van der Waals surface area contributed by atoms with Crippen LogP contribution in [0.5, 0.6) is 0 Å². The van der Waals surface area contributed by atoms with Gasteiger partial charge in [0.15, 0.2) is 0 Å². The van der Waals surface area contributed by atoms with Crippen LogP contribution in [0.1, 0.15) is 59.3 Å². The molecule has 15 heavy (non-hydrogen) atoms. The predicted octanol–water partition coefficient (Wildman–Crippen LogP) is 4.14. The molecule has 2 aliphatic rings. The van der Waals surface area contributed by atoms with Crippen molar-refractivity contribution in [2.75, 3.05) is 0 Å². The minimum absolute atomic E-state index is 0.0657. The van der Waals surface area contributed by atoms with Crippen LogP contribution < -0.4 is 0 Å². The van der Waals surface area contributed by atoms with Gasteiger partial charge in [-0.25, -0.2) is 0 Å². The average molecular weight is 205 g/mol. The van der Waals surface area contributed by atoms with Crippen molar-refractivity contribution < 1.29 is 0 Å². The van der Waals surface area contributed by atoms with Gasteiger partial charge in [0.1, 0.15) is 0 Å². The molecule has 0 aliphatic heterocycles.